The molecule has 0 bridgehead atoms. The van der Waals surface area contributed by atoms with Crippen LogP contribution in [0.25, 0.3) is 0 Å². The number of hydrogen-bond acceptors (Lipinski definition) is 6. The number of nitrogens with one attached hydrogen (secondary N) is 1. The van der Waals surface area contributed by atoms with Crippen LogP contribution in [0.3, 0.4) is 0 Å². The van der Waals surface area contributed by atoms with E-state index < -0.39 is 34.2 Å². The molecule has 180 valence electrons. The fourth-order valence-electron chi connectivity index (χ4n) is 3.96. The number of unbranched alkanes of at least 4 members (excludes halogenated alkanes) is 3. The van der Waals surface area contributed by atoms with Gasteiger partial charge in [-0.25, -0.2) is 8.42 Å². The Kier molecular flexibility index (Phi) is 13.3. The van der Waals surface area contributed by atoms with Crippen LogP contribution in [0.5, 0.6) is 0 Å². The summed E-state index contributed by atoms with van der Waals surface area (Å²) >= 11 is 0. The number of carbonyl (C=O) groups is 1. The zero-order chi connectivity index (χ0) is 23.3. The third kappa shape index (κ3) is 11.3. The lowest BCUT2D eigenvalue weighted by Gasteiger charge is -2.19. The van der Waals surface area contributed by atoms with Crippen molar-refractivity contribution in [1.82, 2.24) is 4.72 Å². The van der Waals surface area contributed by atoms with Crippen LogP contribution in [0.1, 0.15) is 78.1 Å². The zero-order valence-electron chi connectivity index (χ0n) is 18.9. The molecule has 5 atom stereocenters. The van der Waals surface area contributed by atoms with Crippen molar-refractivity contribution in [2.75, 3.05) is 5.75 Å². The number of sulfonamides is 1. The molecule has 1 rings (SSSR count). The van der Waals surface area contributed by atoms with Crippen molar-refractivity contribution in [2.45, 2.75) is 96.4 Å². The van der Waals surface area contributed by atoms with E-state index >= 15 is 0 Å². The van der Waals surface area contributed by atoms with Gasteiger partial charge in [-0.15, -0.1) is 0 Å². The van der Waals surface area contributed by atoms with Crippen molar-refractivity contribution in [2.24, 2.45) is 11.8 Å². The molecule has 7 nitrogen and oxygen atoms in total. The van der Waals surface area contributed by atoms with E-state index in [1.165, 1.54) is 0 Å². The van der Waals surface area contributed by atoms with Crippen molar-refractivity contribution < 1.29 is 28.5 Å². The lowest BCUT2D eigenvalue weighted by molar-refractivity contribution is -0.119. The normalized spacial score (nSPS) is 25.5. The number of carbonyl (C=O) groups excluding carboxylic acids is 1. The molecule has 8 heteroatoms. The smallest absolute Gasteiger partial charge is 0.234 e. The van der Waals surface area contributed by atoms with Crippen LogP contribution in [-0.2, 0) is 14.8 Å². The van der Waals surface area contributed by atoms with Gasteiger partial charge in [0.2, 0.25) is 15.9 Å². The van der Waals surface area contributed by atoms with Gasteiger partial charge in [-0.05, 0) is 38.0 Å². The van der Waals surface area contributed by atoms with Crippen LogP contribution in [0.4, 0.5) is 0 Å². The summed E-state index contributed by atoms with van der Waals surface area (Å²) in [4.78, 5) is 11.7. The third-order valence-electron chi connectivity index (χ3n) is 5.67. The van der Waals surface area contributed by atoms with E-state index in [4.69, 9.17) is 0 Å². The van der Waals surface area contributed by atoms with Gasteiger partial charge in [0.15, 0.2) is 0 Å². The molecule has 0 aromatic carbocycles. The Morgan fingerprint density at radius 1 is 1.10 bits per heavy atom. The Morgan fingerprint density at radius 2 is 1.84 bits per heavy atom. The van der Waals surface area contributed by atoms with Crippen molar-refractivity contribution in [3.05, 3.63) is 24.3 Å². The molecule has 1 saturated carbocycles. The predicted octanol–water partition coefficient (Wildman–Crippen LogP) is 2.81. The topological polar surface area (TPSA) is 124 Å². The molecule has 0 heterocycles. The molecule has 0 aliphatic heterocycles. The molecule has 1 aliphatic rings. The number of hydrogen-bond donors (Lipinski definition) is 4. The van der Waals surface area contributed by atoms with Gasteiger partial charge < -0.3 is 15.3 Å². The van der Waals surface area contributed by atoms with Crippen LogP contribution in [-0.4, -0.2) is 53.7 Å². The number of amides is 1. The lowest BCUT2D eigenvalue weighted by Crippen LogP contribution is -2.32. The summed E-state index contributed by atoms with van der Waals surface area (Å²) in [7, 11) is -3.52. The van der Waals surface area contributed by atoms with Crippen molar-refractivity contribution >= 4 is 15.9 Å². The first-order chi connectivity index (χ1) is 14.7. The number of aliphatic hydroxyl groups excluding tert-OH is 3. The SMILES string of the molecule is CCCCC[C@@H](O)C=C[C@@H]1[C@@H](CC=CCCCC(=O)NS(=O)(=O)CCC)[C@@H](O)C[C@H]1O. The second-order valence-electron chi connectivity index (χ2n) is 8.50. The van der Waals surface area contributed by atoms with Gasteiger partial charge in [-0.2, -0.15) is 0 Å². The van der Waals surface area contributed by atoms with Crippen LogP contribution in [0.15, 0.2) is 24.3 Å². The van der Waals surface area contributed by atoms with E-state index in [2.05, 4.69) is 11.6 Å². The van der Waals surface area contributed by atoms with Crippen molar-refractivity contribution in [1.29, 1.82) is 0 Å². The Balaban J connectivity index is 2.42. The highest BCUT2D eigenvalue weighted by molar-refractivity contribution is 7.90. The fourth-order valence-corrected chi connectivity index (χ4v) is 5.05. The summed E-state index contributed by atoms with van der Waals surface area (Å²) < 4.78 is 25.2. The Bertz CT molecular complexity index is 676. The van der Waals surface area contributed by atoms with Gasteiger partial charge in [0.25, 0.3) is 0 Å². The van der Waals surface area contributed by atoms with Gasteiger partial charge >= 0.3 is 0 Å². The van der Waals surface area contributed by atoms with Crippen molar-refractivity contribution in [3.8, 4) is 0 Å². The maximum absolute atomic E-state index is 11.7. The number of aliphatic hydroxyl groups is 3. The highest BCUT2D eigenvalue weighted by Gasteiger charge is 2.39. The molecule has 0 aromatic heterocycles. The summed E-state index contributed by atoms with van der Waals surface area (Å²) in [6.07, 6.45) is 12.2. The lowest BCUT2D eigenvalue weighted by atomic mass is 9.89. The minimum Gasteiger partial charge on any atom is -0.393 e. The number of allylic oxidation sites excluding steroid dienone is 2. The fraction of sp³-hybridized carbons (Fsp3) is 0.783. The van der Waals surface area contributed by atoms with Crippen LogP contribution in [0, 0.1) is 11.8 Å². The van der Waals surface area contributed by atoms with Gasteiger partial charge in [-0.3, -0.25) is 9.52 Å². The van der Waals surface area contributed by atoms with Crippen LogP contribution >= 0.6 is 0 Å². The first-order valence-electron chi connectivity index (χ1n) is 11.6. The average Bonchev–Trinajstić information content (AvgIpc) is 2.95. The second-order valence-corrected chi connectivity index (χ2v) is 10.3. The maximum Gasteiger partial charge on any atom is 0.234 e. The van der Waals surface area contributed by atoms with Gasteiger partial charge in [-0.1, -0.05) is 57.4 Å². The average molecular weight is 460 g/mol. The highest BCUT2D eigenvalue weighted by Crippen LogP contribution is 2.36. The molecule has 1 aliphatic carbocycles. The Hall–Kier alpha value is -1.22. The summed E-state index contributed by atoms with van der Waals surface area (Å²) in [5.41, 5.74) is 0. The molecule has 1 amide bonds. The van der Waals surface area contributed by atoms with E-state index in [1.54, 1.807) is 13.0 Å². The van der Waals surface area contributed by atoms with Crippen LogP contribution < -0.4 is 4.72 Å². The molecule has 1 fully saturated rings. The minimum atomic E-state index is -3.52. The van der Waals surface area contributed by atoms with E-state index in [0.717, 1.165) is 19.3 Å². The monoisotopic (exact) mass is 459 g/mol. The van der Waals surface area contributed by atoms with Gasteiger partial charge in [0, 0.05) is 18.8 Å². The first-order valence-corrected chi connectivity index (χ1v) is 13.3. The summed E-state index contributed by atoms with van der Waals surface area (Å²) in [6, 6.07) is 0. The molecule has 0 aromatic rings. The molecule has 0 spiro atoms. The standard InChI is InChI=1S/C23H41NO6S/c1-3-5-8-11-18(25)14-15-20-19(21(26)17-22(20)27)12-9-6-7-10-13-23(28)24-31(29,30)16-4-2/h6,9,14-15,18-22,25-27H,3-5,7-8,10-13,16-17H2,1-2H3,(H,24,28)/t18-,19-,20-,21+,22-/m1/s1. The van der Waals surface area contributed by atoms with Crippen molar-refractivity contribution in [3.63, 3.8) is 0 Å². The third-order valence-corrected chi connectivity index (χ3v) is 7.15. The zero-order valence-corrected chi connectivity index (χ0v) is 19.8. The van der Waals surface area contributed by atoms with E-state index in [1.807, 2.05) is 18.2 Å². The molecule has 0 unspecified atom stereocenters. The van der Waals surface area contributed by atoms with E-state index in [0.29, 0.717) is 38.5 Å². The summed E-state index contributed by atoms with van der Waals surface area (Å²) in [5, 5.41) is 30.7. The van der Waals surface area contributed by atoms with Crippen LogP contribution in [0.2, 0.25) is 0 Å². The second kappa shape index (κ2) is 14.8. The largest absolute Gasteiger partial charge is 0.393 e. The highest BCUT2D eigenvalue weighted by atomic mass is 32.2. The van der Waals surface area contributed by atoms with E-state index in [-0.39, 0.29) is 24.0 Å². The molecule has 31 heavy (non-hydrogen) atoms. The molecular formula is C23H41NO6S. The number of rotatable bonds is 15. The van der Waals surface area contributed by atoms with E-state index in [9.17, 15) is 28.5 Å². The molecule has 0 radical (unpaired) electrons. The summed E-state index contributed by atoms with van der Waals surface area (Å²) in [5.74, 6) is -0.860. The maximum atomic E-state index is 11.7. The predicted molar refractivity (Wildman–Crippen MR) is 123 cm³/mol. The molecule has 0 saturated heterocycles. The quantitative estimate of drug-likeness (QED) is 0.220. The van der Waals surface area contributed by atoms with Gasteiger partial charge in [0.1, 0.15) is 0 Å². The molecule has 4 N–H and O–H groups in total. The molecular weight excluding hydrogens is 418 g/mol. The van der Waals surface area contributed by atoms with Gasteiger partial charge in [0.05, 0.1) is 24.1 Å². The summed E-state index contributed by atoms with van der Waals surface area (Å²) in [6.45, 7) is 3.86. The Morgan fingerprint density at radius 3 is 2.52 bits per heavy atom. The first kappa shape index (κ1) is 27.8. The Labute approximate surface area is 187 Å². The minimum absolute atomic E-state index is 0.0560.